The van der Waals surface area contributed by atoms with Crippen LogP contribution in [-0.4, -0.2) is 32.2 Å². The quantitative estimate of drug-likeness (QED) is 0.341. The summed E-state index contributed by atoms with van der Waals surface area (Å²) in [4.78, 5) is 9.70. The fourth-order valence-electron chi connectivity index (χ4n) is 1.44. The molecule has 0 fully saturated rings. The van der Waals surface area contributed by atoms with Crippen molar-refractivity contribution < 1.29 is 17.5 Å². The smallest absolute Gasteiger partial charge is 0.335 e. The Morgan fingerprint density at radius 3 is 2.25 bits per heavy atom. The molecule has 11 heteroatoms. The fourth-order valence-corrected chi connectivity index (χ4v) is 2.18. The first kappa shape index (κ1) is 14.3. The molecule has 0 radical (unpaired) electrons. The monoisotopic (exact) mass is 315 g/mol. The third-order valence-corrected chi connectivity index (χ3v) is 3.02. The molecule has 106 valence electrons. The largest absolute Gasteiger partial charge is 0.394 e. The Hall–Kier alpha value is -2.08. The van der Waals surface area contributed by atoms with E-state index in [1.807, 2.05) is 24.3 Å². The molecule has 0 saturated carbocycles. The van der Waals surface area contributed by atoms with E-state index in [9.17, 15) is 0 Å². The highest BCUT2D eigenvalue weighted by molar-refractivity contribution is 7.79. The van der Waals surface area contributed by atoms with Gasteiger partial charge in [0.2, 0.25) is 4.80 Å². The van der Waals surface area contributed by atoms with E-state index in [2.05, 4.69) is 9.97 Å². The second-order valence-corrected chi connectivity index (χ2v) is 5.44. The summed E-state index contributed by atoms with van der Waals surface area (Å²) >= 11 is 1.22. The van der Waals surface area contributed by atoms with Gasteiger partial charge in [0.1, 0.15) is 0 Å². The summed E-state index contributed by atoms with van der Waals surface area (Å²) in [5, 5.41) is 7.56. The van der Waals surface area contributed by atoms with Crippen molar-refractivity contribution in [1.82, 2.24) is 14.6 Å². The molecule has 3 aromatic rings. The molecule has 0 bridgehead atoms. The van der Waals surface area contributed by atoms with Crippen LogP contribution in [0.2, 0.25) is 0 Å². The van der Waals surface area contributed by atoms with Gasteiger partial charge in [-0.2, -0.15) is 8.42 Å². The van der Waals surface area contributed by atoms with Gasteiger partial charge in [-0.15, -0.1) is 0 Å². The molecular formula is C9H9N5O4S2. The summed E-state index contributed by atoms with van der Waals surface area (Å²) in [7, 11) is -4.67. The lowest BCUT2D eigenvalue weighted by Crippen LogP contribution is -2.21. The van der Waals surface area contributed by atoms with Crippen LogP contribution >= 0.6 is 11.3 Å². The van der Waals surface area contributed by atoms with Crippen LogP contribution in [0.4, 0.5) is 0 Å². The maximum atomic E-state index is 8.74. The lowest BCUT2D eigenvalue weighted by atomic mass is 10.3. The van der Waals surface area contributed by atoms with Gasteiger partial charge in [-0.05, 0) is 12.1 Å². The number of nitrogens with one attached hydrogen (secondary N) is 1. The second-order valence-electron chi connectivity index (χ2n) is 3.57. The average molecular weight is 315 g/mol. The van der Waals surface area contributed by atoms with Gasteiger partial charge in [-0.25, -0.2) is 14.6 Å². The third-order valence-electron chi connectivity index (χ3n) is 2.16. The van der Waals surface area contributed by atoms with Gasteiger partial charge >= 0.3 is 10.4 Å². The molecule has 9 nitrogen and oxygen atoms in total. The van der Waals surface area contributed by atoms with Crippen LogP contribution in [0, 0.1) is 5.41 Å². The lowest BCUT2D eigenvalue weighted by Gasteiger charge is -1.97. The molecule has 1 aromatic carbocycles. The highest BCUT2D eigenvalue weighted by atomic mass is 32.3. The third kappa shape index (κ3) is 3.27. The van der Waals surface area contributed by atoms with Crippen LogP contribution in [0.15, 0.2) is 24.3 Å². The first-order valence-corrected chi connectivity index (χ1v) is 7.25. The van der Waals surface area contributed by atoms with Crippen LogP contribution in [0.3, 0.4) is 0 Å². The van der Waals surface area contributed by atoms with E-state index in [1.54, 1.807) is 0 Å². The topological polar surface area (TPSA) is 155 Å². The van der Waals surface area contributed by atoms with E-state index in [0.717, 1.165) is 11.0 Å². The van der Waals surface area contributed by atoms with Crippen LogP contribution in [0.1, 0.15) is 0 Å². The zero-order chi connectivity index (χ0) is 14.9. The number of para-hydroxylation sites is 2. The molecule has 2 heterocycles. The van der Waals surface area contributed by atoms with Gasteiger partial charge in [-0.3, -0.25) is 14.5 Å². The van der Waals surface area contributed by atoms with Crippen molar-refractivity contribution in [3.8, 4) is 0 Å². The molecule has 2 aromatic heterocycles. The lowest BCUT2D eigenvalue weighted by molar-refractivity contribution is 0.381. The first-order valence-electron chi connectivity index (χ1n) is 5.03. The first-order chi connectivity index (χ1) is 9.25. The molecule has 0 aliphatic heterocycles. The van der Waals surface area contributed by atoms with Crippen molar-refractivity contribution in [3.63, 3.8) is 0 Å². The highest BCUT2D eigenvalue weighted by Crippen LogP contribution is 2.16. The Balaban J connectivity index is 0.000000257. The molecule has 0 unspecified atom stereocenters. The Morgan fingerprint density at radius 1 is 1.20 bits per heavy atom. The van der Waals surface area contributed by atoms with Crippen molar-refractivity contribution in [2.24, 2.45) is 0 Å². The minimum absolute atomic E-state index is 0.250. The fraction of sp³-hybridized carbons (Fsp3) is 0. The van der Waals surface area contributed by atoms with E-state index >= 15 is 0 Å². The molecule has 0 amide bonds. The van der Waals surface area contributed by atoms with Gasteiger partial charge in [0.25, 0.3) is 0 Å². The summed E-state index contributed by atoms with van der Waals surface area (Å²) in [6, 6.07) is 7.58. The molecule has 3 rings (SSSR count). The van der Waals surface area contributed by atoms with Crippen molar-refractivity contribution in [1.29, 1.82) is 5.41 Å². The normalized spacial score (nSPS) is 11.3. The highest BCUT2D eigenvalue weighted by Gasteiger charge is 2.06. The van der Waals surface area contributed by atoms with Crippen molar-refractivity contribution in [3.05, 3.63) is 29.1 Å². The molecule has 0 aliphatic carbocycles. The number of nitrogens with zero attached hydrogens (tertiary/aromatic N) is 3. The number of aromatic nitrogens is 3. The molecule has 5 N–H and O–H groups in total. The predicted molar refractivity (Wildman–Crippen MR) is 73.1 cm³/mol. The number of hydrogen-bond donors (Lipinski definition) is 4. The van der Waals surface area contributed by atoms with Crippen molar-refractivity contribution in [2.75, 3.05) is 5.84 Å². The van der Waals surface area contributed by atoms with Crippen LogP contribution in [-0.2, 0) is 10.4 Å². The molecule has 20 heavy (non-hydrogen) atoms. The molecule has 0 aliphatic rings. The summed E-state index contributed by atoms with van der Waals surface area (Å²) in [6.45, 7) is 0. The van der Waals surface area contributed by atoms with Crippen molar-refractivity contribution >= 4 is 43.2 Å². The van der Waals surface area contributed by atoms with Gasteiger partial charge in [-0.1, -0.05) is 23.5 Å². The summed E-state index contributed by atoms with van der Waals surface area (Å²) < 4.78 is 32.8. The standard InChI is InChI=1S/C9H7N5S.H2O4S/c10-9-14(11)7-8(15-9)13-6-4-2-1-3-5(6)12-7;1-5(2,3)4/h1-4,10H,11H2;(H2,1,2,3,4). The maximum Gasteiger partial charge on any atom is 0.394 e. The van der Waals surface area contributed by atoms with E-state index in [-0.39, 0.29) is 4.80 Å². The van der Waals surface area contributed by atoms with Crippen LogP contribution in [0.25, 0.3) is 21.5 Å². The molecule has 0 saturated heterocycles. The Morgan fingerprint density at radius 2 is 1.70 bits per heavy atom. The minimum atomic E-state index is -4.67. The van der Waals surface area contributed by atoms with Gasteiger partial charge in [0.05, 0.1) is 11.0 Å². The number of thiazole rings is 1. The Kier molecular flexibility index (Phi) is 3.67. The van der Waals surface area contributed by atoms with E-state index in [4.69, 9.17) is 28.8 Å². The minimum Gasteiger partial charge on any atom is -0.335 e. The van der Waals surface area contributed by atoms with Gasteiger partial charge in [0.15, 0.2) is 10.5 Å². The summed E-state index contributed by atoms with van der Waals surface area (Å²) in [6.07, 6.45) is 0. The van der Waals surface area contributed by atoms with E-state index in [0.29, 0.717) is 10.5 Å². The Labute approximate surface area is 116 Å². The maximum absolute atomic E-state index is 8.74. The number of fused-ring (bicyclic) bond motifs is 2. The number of rotatable bonds is 0. The number of hydrogen-bond acceptors (Lipinski definition) is 7. The molecular weight excluding hydrogens is 306 g/mol. The van der Waals surface area contributed by atoms with Crippen LogP contribution in [0.5, 0.6) is 0 Å². The Bertz CT molecular complexity index is 922. The summed E-state index contributed by atoms with van der Waals surface area (Å²) in [5.41, 5.74) is 2.18. The van der Waals surface area contributed by atoms with Crippen LogP contribution < -0.4 is 10.6 Å². The van der Waals surface area contributed by atoms with E-state index < -0.39 is 10.4 Å². The second kappa shape index (κ2) is 5.13. The van der Waals surface area contributed by atoms with Gasteiger partial charge in [0, 0.05) is 0 Å². The SMILES string of the molecule is N=c1sc2nc3ccccc3nc2n1N.O=S(=O)(O)O. The zero-order valence-corrected chi connectivity index (χ0v) is 11.4. The number of nitrogens with two attached hydrogens (primary N) is 1. The molecule has 0 atom stereocenters. The number of nitrogen functional groups attached to an aromatic ring is 1. The van der Waals surface area contributed by atoms with Gasteiger partial charge < -0.3 is 5.84 Å². The predicted octanol–water partition coefficient (Wildman–Crippen LogP) is 0.186. The zero-order valence-electron chi connectivity index (χ0n) is 9.76. The van der Waals surface area contributed by atoms with Crippen molar-refractivity contribution in [2.45, 2.75) is 0 Å². The number of benzene rings is 1. The molecule has 0 spiro atoms. The van der Waals surface area contributed by atoms with E-state index in [1.165, 1.54) is 16.0 Å². The summed E-state index contributed by atoms with van der Waals surface area (Å²) in [5.74, 6) is 5.67. The average Bonchev–Trinajstić information content (AvgIpc) is 2.60.